The molecule has 2 aromatic heterocycles. The highest BCUT2D eigenvalue weighted by Gasteiger charge is 2.11. The third kappa shape index (κ3) is 3.69. The predicted octanol–water partition coefficient (Wildman–Crippen LogP) is 3.99. The highest BCUT2D eigenvalue weighted by molar-refractivity contribution is 6.30. The van der Waals surface area contributed by atoms with Crippen molar-refractivity contribution in [3.63, 3.8) is 0 Å². The van der Waals surface area contributed by atoms with Gasteiger partial charge in [-0.05, 0) is 31.2 Å². The first-order valence-corrected chi connectivity index (χ1v) is 7.61. The van der Waals surface area contributed by atoms with Gasteiger partial charge in [-0.15, -0.1) is 0 Å². The van der Waals surface area contributed by atoms with E-state index in [1.807, 2.05) is 12.1 Å². The summed E-state index contributed by atoms with van der Waals surface area (Å²) < 4.78 is 4.87. The average molecular weight is 344 g/mol. The van der Waals surface area contributed by atoms with Gasteiger partial charge in [0.1, 0.15) is 11.3 Å². The molecule has 24 heavy (non-hydrogen) atoms. The summed E-state index contributed by atoms with van der Waals surface area (Å²) in [7, 11) is 0. The van der Waals surface area contributed by atoms with Gasteiger partial charge < -0.3 is 10.1 Å². The van der Waals surface area contributed by atoms with E-state index in [9.17, 15) is 4.79 Å². The van der Waals surface area contributed by atoms with Gasteiger partial charge in [0.25, 0.3) is 0 Å². The SMILES string of the molecule is CCOC(=O)Nc1cc(Nc2ccc(Cl)cc2)c2nccnc2n1. The fourth-order valence-electron chi connectivity index (χ4n) is 2.07. The number of fused-ring (bicyclic) bond motifs is 1. The lowest BCUT2D eigenvalue weighted by molar-refractivity contribution is 0.168. The Balaban J connectivity index is 1.97. The molecule has 2 heterocycles. The number of amides is 1. The topological polar surface area (TPSA) is 89.0 Å². The van der Waals surface area contributed by atoms with E-state index in [-0.39, 0.29) is 6.61 Å². The number of benzene rings is 1. The number of hydrogen-bond acceptors (Lipinski definition) is 6. The van der Waals surface area contributed by atoms with Gasteiger partial charge >= 0.3 is 6.09 Å². The van der Waals surface area contributed by atoms with Gasteiger partial charge in [-0.2, -0.15) is 0 Å². The molecule has 0 radical (unpaired) electrons. The summed E-state index contributed by atoms with van der Waals surface area (Å²) in [4.78, 5) is 24.4. The lowest BCUT2D eigenvalue weighted by Gasteiger charge is -2.11. The number of hydrogen-bond donors (Lipinski definition) is 2. The lowest BCUT2D eigenvalue weighted by Crippen LogP contribution is -2.14. The molecule has 3 aromatic rings. The first kappa shape index (κ1) is 15.9. The van der Waals surface area contributed by atoms with E-state index in [0.29, 0.717) is 27.7 Å². The third-order valence-electron chi connectivity index (χ3n) is 3.07. The van der Waals surface area contributed by atoms with Crippen LogP contribution in [0.15, 0.2) is 42.7 Å². The molecule has 0 aliphatic heterocycles. The van der Waals surface area contributed by atoms with E-state index in [1.165, 1.54) is 6.20 Å². The minimum absolute atomic E-state index is 0.273. The summed E-state index contributed by atoms with van der Waals surface area (Å²) >= 11 is 5.90. The maximum atomic E-state index is 11.6. The summed E-state index contributed by atoms with van der Waals surface area (Å²) in [6.45, 7) is 2.00. The number of pyridine rings is 1. The average Bonchev–Trinajstić information content (AvgIpc) is 2.57. The molecule has 0 spiro atoms. The largest absolute Gasteiger partial charge is 0.450 e. The Kier molecular flexibility index (Phi) is 4.72. The summed E-state index contributed by atoms with van der Waals surface area (Å²) in [5.41, 5.74) is 2.46. The minimum Gasteiger partial charge on any atom is -0.450 e. The second-order valence-corrected chi connectivity index (χ2v) is 5.20. The molecule has 7 nitrogen and oxygen atoms in total. The van der Waals surface area contributed by atoms with Gasteiger partial charge in [-0.1, -0.05) is 11.6 Å². The molecule has 122 valence electrons. The normalized spacial score (nSPS) is 10.4. The van der Waals surface area contributed by atoms with Crippen LogP contribution in [0.2, 0.25) is 5.02 Å². The maximum absolute atomic E-state index is 11.6. The molecule has 1 aromatic carbocycles. The molecule has 1 amide bonds. The van der Waals surface area contributed by atoms with Crippen LogP contribution in [0.5, 0.6) is 0 Å². The fourth-order valence-corrected chi connectivity index (χ4v) is 2.20. The Hall–Kier alpha value is -2.93. The number of ether oxygens (including phenoxy) is 1. The molecule has 0 fully saturated rings. The van der Waals surface area contributed by atoms with Gasteiger partial charge in [-0.3, -0.25) is 5.32 Å². The maximum Gasteiger partial charge on any atom is 0.412 e. The number of nitrogens with zero attached hydrogens (tertiary/aromatic N) is 3. The highest BCUT2D eigenvalue weighted by atomic mass is 35.5. The van der Waals surface area contributed by atoms with Crippen LogP contribution < -0.4 is 10.6 Å². The Morgan fingerprint density at radius 3 is 2.71 bits per heavy atom. The van der Waals surface area contributed by atoms with Crippen molar-refractivity contribution >= 4 is 46.1 Å². The van der Waals surface area contributed by atoms with Crippen LogP contribution in [0.25, 0.3) is 11.2 Å². The van der Waals surface area contributed by atoms with E-state index in [0.717, 1.165) is 5.69 Å². The second-order valence-electron chi connectivity index (χ2n) is 4.76. The predicted molar refractivity (Wildman–Crippen MR) is 92.7 cm³/mol. The van der Waals surface area contributed by atoms with E-state index in [4.69, 9.17) is 16.3 Å². The molecule has 3 rings (SSSR count). The van der Waals surface area contributed by atoms with Crippen molar-refractivity contribution in [2.45, 2.75) is 6.92 Å². The van der Waals surface area contributed by atoms with Gasteiger partial charge in [0.05, 0.1) is 12.3 Å². The highest BCUT2D eigenvalue weighted by Crippen LogP contribution is 2.26. The smallest absolute Gasteiger partial charge is 0.412 e. The molecule has 0 saturated heterocycles. The monoisotopic (exact) mass is 343 g/mol. The van der Waals surface area contributed by atoms with Gasteiger partial charge in [-0.25, -0.2) is 19.7 Å². The summed E-state index contributed by atoms with van der Waals surface area (Å²) in [6, 6.07) is 8.89. The Morgan fingerprint density at radius 2 is 1.96 bits per heavy atom. The molecule has 0 unspecified atom stereocenters. The van der Waals surface area contributed by atoms with Crippen molar-refractivity contribution in [2.24, 2.45) is 0 Å². The van der Waals surface area contributed by atoms with Crippen molar-refractivity contribution in [3.05, 3.63) is 47.7 Å². The molecule has 0 aliphatic rings. The molecular formula is C16H14ClN5O2. The first-order valence-electron chi connectivity index (χ1n) is 7.24. The van der Waals surface area contributed by atoms with E-state index in [2.05, 4.69) is 25.6 Å². The zero-order chi connectivity index (χ0) is 16.9. The summed E-state index contributed by atoms with van der Waals surface area (Å²) in [5.74, 6) is 0.318. The van der Waals surface area contributed by atoms with Crippen LogP contribution in [0.1, 0.15) is 6.92 Å². The van der Waals surface area contributed by atoms with Gasteiger partial charge in [0.15, 0.2) is 5.65 Å². The standard InChI is InChI=1S/C16H14ClN5O2/c1-2-24-16(23)22-13-9-12(14-15(21-13)19-8-7-18-14)20-11-5-3-10(17)4-6-11/h3-9H,2H2,1H3,(H2,19,20,21,22,23). The van der Waals surface area contributed by atoms with Crippen LogP contribution in [-0.2, 0) is 4.74 Å². The zero-order valence-corrected chi connectivity index (χ0v) is 13.5. The molecule has 0 aliphatic carbocycles. The van der Waals surface area contributed by atoms with Crippen molar-refractivity contribution < 1.29 is 9.53 Å². The van der Waals surface area contributed by atoms with Crippen LogP contribution in [0.4, 0.5) is 22.0 Å². The van der Waals surface area contributed by atoms with Gasteiger partial charge in [0, 0.05) is 29.2 Å². The molecule has 0 bridgehead atoms. The molecule has 2 N–H and O–H groups in total. The molecule has 0 atom stereocenters. The van der Waals surface area contributed by atoms with Crippen LogP contribution >= 0.6 is 11.6 Å². The van der Waals surface area contributed by atoms with Crippen LogP contribution in [-0.4, -0.2) is 27.7 Å². The molecule has 0 saturated carbocycles. The first-order chi connectivity index (χ1) is 11.7. The number of rotatable bonds is 4. The molecular weight excluding hydrogens is 330 g/mol. The lowest BCUT2D eigenvalue weighted by atomic mass is 10.2. The Bertz CT molecular complexity index is 870. The number of anilines is 3. The zero-order valence-electron chi connectivity index (χ0n) is 12.8. The fraction of sp³-hybridized carbons (Fsp3) is 0.125. The number of nitrogens with one attached hydrogen (secondary N) is 2. The van der Waals surface area contributed by atoms with E-state index in [1.54, 1.807) is 31.3 Å². The summed E-state index contributed by atoms with van der Waals surface area (Å²) in [6.07, 6.45) is 2.54. The van der Waals surface area contributed by atoms with E-state index < -0.39 is 6.09 Å². The van der Waals surface area contributed by atoms with Crippen molar-refractivity contribution in [1.82, 2.24) is 15.0 Å². The number of carbonyl (C=O) groups is 1. The van der Waals surface area contributed by atoms with Gasteiger partial charge in [0.2, 0.25) is 0 Å². The minimum atomic E-state index is -0.578. The van der Waals surface area contributed by atoms with E-state index >= 15 is 0 Å². The number of aromatic nitrogens is 3. The third-order valence-corrected chi connectivity index (χ3v) is 3.32. The number of halogens is 1. The Morgan fingerprint density at radius 1 is 1.21 bits per heavy atom. The molecule has 8 heteroatoms. The van der Waals surface area contributed by atoms with Crippen molar-refractivity contribution in [1.29, 1.82) is 0 Å². The second kappa shape index (κ2) is 7.10. The van der Waals surface area contributed by atoms with Crippen LogP contribution in [0.3, 0.4) is 0 Å². The van der Waals surface area contributed by atoms with Crippen LogP contribution in [0, 0.1) is 0 Å². The number of carbonyl (C=O) groups excluding carboxylic acids is 1. The Labute approximate surface area is 143 Å². The summed E-state index contributed by atoms with van der Waals surface area (Å²) in [5, 5.41) is 6.44. The quantitative estimate of drug-likeness (QED) is 0.744. The van der Waals surface area contributed by atoms with Crippen molar-refractivity contribution in [3.8, 4) is 0 Å². The van der Waals surface area contributed by atoms with Crippen molar-refractivity contribution in [2.75, 3.05) is 17.2 Å².